The summed E-state index contributed by atoms with van der Waals surface area (Å²) >= 11 is 8.87. The predicted molar refractivity (Wildman–Crippen MR) is 113 cm³/mol. The van der Waals surface area contributed by atoms with Crippen LogP contribution in [-0.4, -0.2) is 20.1 Å². The summed E-state index contributed by atoms with van der Waals surface area (Å²) in [4.78, 5) is 17.7. The Bertz CT molecular complexity index is 374. The van der Waals surface area contributed by atoms with E-state index in [-0.39, 0.29) is 4.20 Å². The van der Waals surface area contributed by atoms with E-state index in [4.69, 9.17) is 22.0 Å². The van der Waals surface area contributed by atoms with Crippen molar-refractivity contribution in [2.75, 3.05) is 0 Å². The molecule has 0 aromatic heterocycles. The Kier molecular flexibility index (Phi) is 17.1. The molecule has 0 rings (SSSR count). The highest BCUT2D eigenvalue weighted by molar-refractivity contribution is 8.11. The predicted octanol–water partition coefficient (Wildman–Crippen LogP) is 6.59. The van der Waals surface area contributed by atoms with E-state index in [2.05, 4.69) is 24.1 Å². The Labute approximate surface area is 165 Å². The van der Waals surface area contributed by atoms with E-state index in [0.717, 1.165) is 19.3 Å². The summed E-state index contributed by atoms with van der Waals surface area (Å²) in [7, 11) is -4.50. The number of thiocarbonyl (C=S) groups is 1. The normalized spacial score (nSPS) is 13.1. The van der Waals surface area contributed by atoms with Crippen molar-refractivity contribution < 1.29 is 18.9 Å². The fourth-order valence-corrected chi connectivity index (χ4v) is 3.96. The summed E-state index contributed by atoms with van der Waals surface area (Å²) in [6, 6.07) is 0. The summed E-state index contributed by atoms with van der Waals surface area (Å²) in [5, 5.41) is 0. The van der Waals surface area contributed by atoms with Crippen molar-refractivity contribution in [2.45, 2.75) is 109 Å². The quantitative estimate of drug-likeness (QED) is 0.102. The first-order chi connectivity index (χ1) is 11.9. The third-order valence-corrected chi connectivity index (χ3v) is 5.44. The van der Waals surface area contributed by atoms with Crippen LogP contribution in [-0.2, 0) is 9.09 Å². The largest absolute Gasteiger partial charge is 0.470 e. The molecule has 0 bridgehead atoms. The first kappa shape index (κ1) is 25.6. The molecule has 0 saturated carbocycles. The minimum atomic E-state index is -4.50. The van der Waals surface area contributed by atoms with Gasteiger partial charge in [0, 0.05) is 0 Å². The molecule has 7 heteroatoms. The molecule has 0 aromatic carbocycles. The second kappa shape index (κ2) is 16.7. The van der Waals surface area contributed by atoms with Crippen LogP contribution in [0.25, 0.3) is 0 Å². The van der Waals surface area contributed by atoms with Gasteiger partial charge >= 0.3 is 7.82 Å². The van der Waals surface area contributed by atoms with E-state index >= 15 is 0 Å². The first-order valence-corrected chi connectivity index (χ1v) is 12.2. The van der Waals surface area contributed by atoms with Crippen LogP contribution < -0.4 is 0 Å². The number of phosphoric ester groups is 1. The van der Waals surface area contributed by atoms with Crippen molar-refractivity contribution in [3.8, 4) is 0 Å². The molecule has 0 spiro atoms. The molecule has 1 unspecified atom stereocenters. The molecule has 0 heterocycles. The average molecular weight is 413 g/mol. The molecule has 4 nitrogen and oxygen atoms in total. The molecule has 0 amide bonds. The van der Waals surface area contributed by atoms with Crippen molar-refractivity contribution in [2.24, 2.45) is 0 Å². The lowest BCUT2D eigenvalue weighted by Crippen LogP contribution is -2.17. The smallest absolute Gasteiger partial charge is 0.303 e. The van der Waals surface area contributed by atoms with Crippen LogP contribution in [0.3, 0.4) is 0 Å². The summed E-state index contributed by atoms with van der Waals surface area (Å²) in [6.07, 6.45) is 17.6. The first-order valence-electron chi connectivity index (χ1n) is 9.83. The highest BCUT2D eigenvalue weighted by atomic mass is 32.1. The number of hydrogen-bond donors (Lipinski definition) is 3. The number of hydrogen-bond acceptors (Lipinski definition) is 3. The van der Waals surface area contributed by atoms with Gasteiger partial charge in [0.2, 0.25) is 0 Å². The van der Waals surface area contributed by atoms with Crippen molar-refractivity contribution in [1.82, 2.24) is 0 Å². The van der Waals surface area contributed by atoms with Gasteiger partial charge in [-0.3, -0.25) is 4.52 Å². The van der Waals surface area contributed by atoms with Crippen molar-refractivity contribution in [1.29, 1.82) is 0 Å². The van der Waals surface area contributed by atoms with E-state index in [0.29, 0.717) is 6.42 Å². The molecule has 0 aliphatic rings. The van der Waals surface area contributed by atoms with Crippen LogP contribution in [0.2, 0.25) is 0 Å². The van der Waals surface area contributed by atoms with Crippen LogP contribution in [0.5, 0.6) is 0 Å². The summed E-state index contributed by atoms with van der Waals surface area (Å²) in [5.74, 6) is 0. The maximum absolute atomic E-state index is 10.9. The average Bonchev–Trinajstić information content (AvgIpc) is 2.52. The van der Waals surface area contributed by atoms with Crippen molar-refractivity contribution in [3.63, 3.8) is 0 Å². The fraction of sp³-hybridized carbons (Fsp3) is 0.944. The van der Waals surface area contributed by atoms with Gasteiger partial charge in [0.1, 0.15) is 6.10 Å². The number of rotatable bonds is 18. The molecule has 25 heavy (non-hydrogen) atoms. The third-order valence-electron chi connectivity index (χ3n) is 4.36. The van der Waals surface area contributed by atoms with Crippen molar-refractivity contribution in [3.05, 3.63) is 0 Å². The molecule has 0 aliphatic heterocycles. The molecular weight excluding hydrogens is 375 g/mol. The molecule has 0 fully saturated rings. The summed E-state index contributed by atoms with van der Waals surface area (Å²) in [6.45, 7) is 2.25. The molecule has 150 valence electrons. The van der Waals surface area contributed by atoms with E-state index in [1.807, 2.05) is 0 Å². The van der Waals surface area contributed by atoms with Crippen LogP contribution in [0.15, 0.2) is 0 Å². The number of unbranched alkanes of at least 4 members (excludes halogenated alkanes) is 13. The van der Waals surface area contributed by atoms with E-state index in [9.17, 15) is 4.57 Å². The molecule has 2 N–H and O–H groups in total. The minimum Gasteiger partial charge on any atom is -0.303 e. The second-order valence-corrected chi connectivity index (χ2v) is 9.22. The Morgan fingerprint density at radius 2 is 1.24 bits per heavy atom. The maximum atomic E-state index is 10.9. The highest BCUT2D eigenvalue weighted by Gasteiger charge is 2.23. The third kappa shape index (κ3) is 19.1. The Hall–Kier alpha value is 0.550. The molecule has 0 aromatic rings. The molecule has 0 saturated heterocycles. The second-order valence-electron chi connectivity index (χ2n) is 6.81. The lowest BCUT2D eigenvalue weighted by Gasteiger charge is -2.16. The van der Waals surface area contributed by atoms with Gasteiger partial charge in [-0.1, -0.05) is 109 Å². The van der Waals surface area contributed by atoms with Gasteiger partial charge in [-0.15, -0.1) is 12.6 Å². The van der Waals surface area contributed by atoms with Gasteiger partial charge in [-0.25, -0.2) is 4.57 Å². The van der Waals surface area contributed by atoms with Crippen LogP contribution in [0.1, 0.15) is 103 Å². The molecule has 0 radical (unpaired) electrons. The van der Waals surface area contributed by atoms with E-state index < -0.39 is 13.9 Å². The monoisotopic (exact) mass is 412 g/mol. The lowest BCUT2D eigenvalue weighted by atomic mass is 10.0. The van der Waals surface area contributed by atoms with Crippen LogP contribution >= 0.6 is 32.7 Å². The molecular formula is C18H37O4PS2. The van der Waals surface area contributed by atoms with Gasteiger partial charge in [0.05, 0.1) is 4.20 Å². The zero-order chi connectivity index (χ0) is 19.0. The number of thiol groups is 1. The molecule has 0 aliphatic carbocycles. The SMILES string of the molecule is CCCCCCCCCCCCCCCCC(OP(=O)(O)O)C(=S)S. The molecule has 1 atom stereocenters. The van der Waals surface area contributed by atoms with E-state index in [1.54, 1.807) is 0 Å². The Morgan fingerprint density at radius 3 is 1.56 bits per heavy atom. The Balaban J connectivity index is 3.40. The topological polar surface area (TPSA) is 66.8 Å². The van der Waals surface area contributed by atoms with E-state index in [1.165, 1.54) is 70.6 Å². The fourth-order valence-electron chi connectivity index (χ4n) is 2.91. The zero-order valence-electron chi connectivity index (χ0n) is 15.7. The van der Waals surface area contributed by atoms with Gasteiger partial charge < -0.3 is 9.79 Å². The standard InChI is InChI=1S/C18H37O4PS2/c1-2-3-4-5-6-7-8-9-10-11-12-13-14-15-16-17(18(24)25)22-23(19,20)21/h17H,2-16H2,1H3,(H,24,25)(H2,19,20,21). The Morgan fingerprint density at radius 1 is 0.880 bits per heavy atom. The van der Waals surface area contributed by atoms with Gasteiger partial charge in [0.25, 0.3) is 0 Å². The van der Waals surface area contributed by atoms with Crippen molar-refractivity contribution >= 4 is 36.9 Å². The minimum absolute atomic E-state index is 0.206. The highest BCUT2D eigenvalue weighted by Crippen LogP contribution is 2.39. The van der Waals surface area contributed by atoms with Crippen LogP contribution in [0.4, 0.5) is 0 Å². The lowest BCUT2D eigenvalue weighted by molar-refractivity contribution is 0.166. The summed E-state index contributed by atoms with van der Waals surface area (Å²) in [5.41, 5.74) is 0. The van der Waals surface area contributed by atoms with Gasteiger partial charge in [-0.05, 0) is 6.42 Å². The van der Waals surface area contributed by atoms with Gasteiger partial charge in [0.15, 0.2) is 0 Å². The van der Waals surface area contributed by atoms with Crippen LogP contribution in [0, 0.1) is 0 Å². The maximum Gasteiger partial charge on any atom is 0.470 e. The summed E-state index contributed by atoms with van der Waals surface area (Å²) < 4.78 is 15.7. The van der Waals surface area contributed by atoms with Gasteiger partial charge in [-0.2, -0.15) is 0 Å². The number of phosphoric acid groups is 1. The zero-order valence-corrected chi connectivity index (χ0v) is 18.3.